The number of rotatable bonds is 4. The first-order valence-corrected chi connectivity index (χ1v) is 8.73. The van der Waals surface area contributed by atoms with Gasteiger partial charge in [0.1, 0.15) is 6.10 Å². The van der Waals surface area contributed by atoms with Crippen molar-refractivity contribution in [2.75, 3.05) is 19.8 Å². The van der Waals surface area contributed by atoms with Gasteiger partial charge in [-0.1, -0.05) is 24.3 Å². The third-order valence-corrected chi connectivity index (χ3v) is 4.99. The Labute approximate surface area is 138 Å². The molecule has 4 heteroatoms. The highest BCUT2D eigenvalue weighted by Gasteiger charge is 2.31. The Morgan fingerprint density at radius 1 is 1.30 bits per heavy atom. The summed E-state index contributed by atoms with van der Waals surface area (Å²) in [5.41, 5.74) is 2.41. The SMILES string of the molecule is Cc1ccccc1[C@@H]1CN(C(=O)CC[C@H]2CCCO2)[C@H](C)CO1. The number of nitrogens with zero attached hydrogens (tertiary/aromatic N) is 1. The van der Waals surface area contributed by atoms with Crippen molar-refractivity contribution in [3.63, 3.8) is 0 Å². The van der Waals surface area contributed by atoms with Gasteiger partial charge >= 0.3 is 0 Å². The molecule has 0 unspecified atom stereocenters. The van der Waals surface area contributed by atoms with E-state index >= 15 is 0 Å². The van der Waals surface area contributed by atoms with Gasteiger partial charge in [-0.25, -0.2) is 0 Å². The quantitative estimate of drug-likeness (QED) is 0.856. The van der Waals surface area contributed by atoms with Crippen LogP contribution in [0.25, 0.3) is 0 Å². The number of amides is 1. The lowest BCUT2D eigenvalue weighted by molar-refractivity contribution is -0.145. The maximum atomic E-state index is 12.6. The Bertz CT molecular complexity index is 539. The Morgan fingerprint density at radius 2 is 2.13 bits per heavy atom. The third-order valence-electron chi connectivity index (χ3n) is 4.99. The predicted molar refractivity (Wildman–Crippen MR) is 89.3 cm³/mol. The van der Waals surface area contributed by atoms with Crippen LogP contribution in [0.15, 0.2) is 24.3 Å². The largest absolute Gasteiger partial charge is 0.378 e. The molecule has 1 aromatic carbocycles. The van der Waals surface area contributed by atoms with E-state index in [2.05, 4.69) is 26.0 Å². The molecule has 4 nitrogen and oxygen atoms in total. The molecular formula is C19H27NO3. The van der Waals surface area contributed by atoms with E-state index in [1.807, 2.05) is 17.0 Å². The van der Waals surface area contributed by atoms with Gasteiger partial charge in [-0.2, -0.15) is 0 Å². The summed E-state index contributed by atoms with van der Waals surface area (Å²) < 4.78 is 11.6. The van der Waals surface area contributed by atoms with Gasteiger partial charge in [-0.05, 0) is 44.2 Å². The minimum Gasteiger partial charge on any atom is -0.378 e. The van der Waals surface area contributed by atoms with E-state index in [4.69, 9.17) is 9.47 Å². The Hall–Kier alpha value is -1.39. The molecule has 2 heterocycles. The molecule has 2 aliphatic rings. The Kier molecular flexibility index (Phi) is 5.34. The van der Waals surface area contributed by atoms with E-state index in [1.165, 1.54) is 11.1 Å². The molecule has 3 rings (SSSR count). The number of morpholine rings is 1. The first-order valence-electron chi connectivity index (χ1n) is 8.73. The zero-order valence-electron chi connectivity index (χ0n) is 14.2. The van der Waals surface area contributed by atoms with Crippen molar-refractivity contribution in [2.24, 2.45) is 0 Å². The molecule has 3 atom stereocenters. The van der Waals surface area contributed by atoms with Gasteiger partial charge in [-0.15, -0.1) is 0 Å². The van der Waals surface area contributed by atoms with Crippen molar-refractivity contribution in [3.8, 4) is 0 Å². The van der Waals surface area contributed by atoms with E-state index in [9.17, 15) is 4.79 Å². The highest BCUT2D eigenvalue weighted by Crippen LogP contribution is 2.28. The number of aryl methyl sites for hydroxylation is 1. The summed E-state index contributed by atoms with van der Waals surface area (Å²) in [6, 6.07) is 8.42. The van der Waals surface area contributed by atoms with Crippen LogP contribution in [0.1, 0.15) is 49.8 Å². The molecule has 0 radical (unpaired) electrons. The first kappa shape index (κ1) is 16.5. The van der Waals surface area contributed by atoms with Crippen molar-refractivity contribution >= 4 is 5.91 Å². The summed E-state index contributed by atoms with van der Waals surface area (Å²) in [7, 11) is 0. The van der Waals surface area contributed by atoms with E-state index < -0.39 is 0 Å². The summed E-state index contributed by atoms with van der Waals surface area (Å²) in [6.07, 6.45) is 3.91. The molecule has 0 N–H and O–H groups in total. The van der Waals surface area contributed by atoms with Crippen LogP contribution in [0.5, 0.6) is 0 Å². The van der Waals surface area contributed by atoms with E-state index in [0.717, 1.165) is 25.9 Å². The van der Waals surface area contributed by atoms with Crippen LogP contribution in [-0.4, -0.2) is 42.7 Å². The monoisotopic (exact) mass is 317 g/mol. The minimum atomic E-state index is -0.0147. The number of carbonyl (C=O) groups is 1. The average Bonchev–Trinajstić information content (AvgIpc) is 3.07. The molecule has 2 aliphatic heterocycles. The molecule has 2 saturated heterocycles. The Morgan fingerprint density at radius 3 is 2.87 bits per heavy atom. The number of benzene rings is 1. The van der Waals surface area contributed by atoms with Crippen LogP contribution in [0.3, 0.4) is 0 Å². The van der Waals surface area contributed by atoms with E-state index in [-0.39, 0.29) is 24.2 Å². The maximum absolute atomic E-state index is 12.6. The normalized spacial score (nSPS) is 28.1. The van der Waals surface area contributed by atoms with Crippen molar-refractivity contribution in [1.29, 1.82) is 0 Å². The molecular weight excluding hydrogens is 290 g/mol. The van der Waals surface area contributed by atoms with Gasteiger partial charge in [0, 0.05) is 13.0 Å². The Balaban J connectivity index is 1.61. The van der Waals surface area contributed by atoms with Gasteiger partial charge in [0.05, 0.1) is 25.3 Å². The first-order chi connectivity index (χ1) is 11.1. The lowest BCUT2D eigenvalue weighted by Crippen LogP contribution is -2.48. The number of carbonyl (C=O) groups excluding carboxylic acids is 1. The molecule has 0 aliphatic carbocycles. The molecule has 0 saturated carbocycles. The molecule has 1 amide bonds. The molecule has 0 bridgehead atoms. The fourth-order valence-corrected chi connectivity index (χ4v) is 3.54. The van der Waals surface area contributed by atoms with Gasteiger partial charge < -0.3 is 14.4 Å². The highest BCUT2D eigenvalue weighted by molar-refractivity contribution is 5.76. The second-order valence-electron chi connectivity index (χ2n) is 6.75. The molecule has 2 fully saturated rings. The average molecular weight is 317 g/mol. The summed E-state index contributed by atoms with van der Waals surface area (Å²) in [6.45, 7) is 6.27. The molecule has 126 valence electrons. The number of hydrogen-bond donors (Lipinski definition) is 0. The maximum Gasteiger partial charge on any atom is 0.223 e. The fraction of sp³-hybridized carbons (Fsp3) is 0.632. The molecule has 23 heavy (non-hydrogen) atoms. The zero-order chi connectivity index (χ0) is 16.2. The van der Waals surface area contributed by atoms with Crippen LogP contribution in [-0.2, 0) is 14.3 Å². The van der Waals surface area contributed by atoms with Crippen molar-refractivity contribution < 1.29 is 14.3 Å². The van der Waals surface area contributed by atoms with Crippen molar-refractivity contribution in [3.05, 3.63) is 35.4 Å². The number of hydrogen-bond acceptors (Lipinski definition) is 3. The predicted octanol–water partition coefficient (Wildman–Crippen LogP) is 3.24. The van der Waals surface area contributed by atoms with Gasteiger partial charge in [0.15, 0.2) is 0 Å². The lowest BCUT2D eigenvalue weighted by atomic mass is 10.0. The summed E-state index contributed by atoms with van der Waals surface area (Å²) >= 11 is 0. The molecule has 0 aromatic heterocycles. The lowest BCUT2D eigenvalue weighted by Gasteiger charge is -2.39. The highest BCUT2D eigenvalue weighted by atomic mass is 16.5. The van der Waals surface area contributed by atoms with Crippen LogP contribution in [0.4, 0.5) is 0 Å². The van der Waals surface area contributed by atoms with E-state index in [0.29, 0.717) is 19.6 Å². The van der Waals surface area contributed by atoms with Crippen molar-refractivity contribution in [2.45, 2.75) is 57.8 Å². The van der Waals surface area contributed by atoms with Crippen LogP contribution in [0.2, 0.25) is 0 Å². The number of ether oxygens (including phenoxy) is 2. The van der Waals surface area contributed by atoms with Gasteiger partial charge in [-0.3, -0.25) is 4.79 Å². The van der Waals surface area contributed by atoms with E-state index in [1.54, 1.807) is 0 Å². The topological polar surface area (TPSA) is 38.8 Å². The van der Waals surface area contributed by atoms with Crippen LogP contribution < -0.4 is 0 Å². The van der Waals surface area contributed by atoms with Gasteiger partial charge in [0.2, 0.25) is 5.91 Å². The van der Waals surface area contributed by atoms with Crippen LogP contribution >= 0.6 is 0 Å². The third kappa shape index (κ3) is 3.93. The zero-order valence-corrected chi connectivity index (χ0v) is 14.2. The fourth-order valence-electron chi connectivity index (χ4n) is 3.54. The summed E-state index contributed by atoms with van der Waals surface area (Å²) in [4.78, 5) is 14.6. The van der Waals surface area contributed by atoms with Crippen molar-refractivity contribution in [1.82, 2.24) is 4.90 Å². The minimum absolute atomic E-state index is 0.0147. The van der Waals surface area contributed by atoms with Crippen LogP contribution in [0, 0.1) is 6.92 Å². The van der Waals surface area contributed by atoms with Gasteiger partial charge in [0.25, 0.3) is 0 Å². The molecule has 1 aromatic rings. The summed E-state index contributed by atoms with van der Waals surface area (Å²) in [5.74, 6) is 0.231. The standard InChI is InChI=1S/C19H27NO3/c1-14-6-3-4-8-17(14)18-12-20(15(2)13-23-18)19(21)10-9-16-7-5-11-22-16/h3-4,6,8,15-16,18H,5,7,9-13H2,1-2H3/t15-,16-,18+/m1/s1. The molecule has 0 spiro atoms. The smallest absolute Gasteiger partial charge is 0.223 e. The second-order valence-corrected chi connectivity index (χ2v) is 6.75. The second kappa shape index (κ2) is 7.45. The summed E-state index contributed by atoms with van der Waals surface area (Å²) in [5, 5.41) is 0.